The van der Waals surface area contributed by atoms with Crippen molar-refractivity contribution in [3.63, 3.8) is 0 Å². The Morgan fingerprint density at radius 2 is 1.89 bits per heavy atom. The van der Waals surface area contributed by atoms with E-state index in [1.807, 2.05) is 20.8 Å². The second-order valence-corrected chi connectivity index (χ2v) is 7.51. The van der Waals surface area contributed by atoms with Gasteiger partial charge in [0, 0.05) is 6.54 Å². The molecule has 0 saturated heterocycles. The van der Waals surface area contributed by atoms with Crippen LogP contribution < -0.4 is 15.2 Å². The number of sulfonamides is 1. The topological polar surface area (TPSA) is 81.4 Å². The standard InChI is InChI=1S/C13H22N2O3S/c1-13(2,3)10-15-19(16,17)9-8-18-12-7-5-4-6-11(12)14/h4-7,15H,8-10,14H2,1-3H3. The lowest BCUT2D eigenvalue weighted by Gasteiger charge is -2.18. The van der Waals surface area contributed by atoms with Crippen molar-refractivity contribution in [2.45, 2.75) is 20.8 Å². The summed E-state index contributed by atoms with van der Waals surface area (Å²) >= 11 is 0. The molecule has 0 heterocycles. The van der Waals surface area contributed by atoms with Crippen LogP contribution in [-0.2, 0) is 10.0 Å². The van der Waals surface area contributed by atoms with E-state index in [9.17, 15) is 8.42 Å². The van der Waals surface area contributed by atoms with Crippen LogP contribution in [0.2, 0.25) is 0 Å². The minimum atomic E-state index is -3.31. The van der Waals surface area contributed by atoms with Gasteiger partial charge in [0.2, 0.25) is 10.0 Å². The molecular formula is C13H22N2O3S. The summed E-state index contributed by atoms with van der Waals surface area (Å²) in [6.07, 6.45) is 0. The Morgan fingerprint density at radius 3 is 2.47 bits per heavy atom. The summed E-state index contributed by atoms with van der Waals surface area (Å²) in [6, 6.07) is 7.01. The van der Waals surface area contributed by atoms with Crippen LogP contribution in [0.3, 0.4) is 0 Å². The van der Waals surface area contributed by atoms with Gasteiger partial charge in [0.1, 0.15) is 12.4 Å². The molecule has 0 fully saturated rings. The fourth-order valence-corrected chi connectivity index (χ4v) is 2.37. The highest BCUT2D eigenvalue weighted by molar-refractivity contribution is 7.89. The van der Waals surface area contributed by atoms with E-state index in [0.29, 0.717) is 18.0 Å². The van der Waals surface area contributed by atoms with E-state index in [-0.39, 0.29) is 17.8 Å². The number of nitrogens with one attached hydrogen (secondary N) is 1. The van der Waals surface area contributed by atoms with Gasteiger partial charge in [-0.05, 0) is 17.5 Å². The van der Waals surface area contributed by atoms with Gasteiger partial charge >= 0.3 is 0 Å². The molecule has 0 radical (unpaired) electrons. The van der Waals surface area contributed by atoms with Crippen molar-refractivity contribution in [1.29, 1.82) is 0 Å². The molecular weight excluding hydrogens is 264 g/mol. The molecule has 0 atom stereocenters. The quantitative estimate of drug-likeness (QED) is 0.779. The Balaban J connectivity index is 2.42. The SMILES string of the molecule is CC(C)(C)CNS(=O)(=O)CCOc1ccccc1N. The lowest BCUT2D eigenvalue weighted by molar-refractivity contribution is 0.341. The lowest BCUT2D eigenvalue weighted by Crippen LogP contribution is -2.35. The van der Waals surface area contributed by atoms with Gasteiger partial charge in [-0.25, -0.2) is 13.1 Å². The van der Waals surface area contributed by atoms with E-state index in [4.69, 9.17) is 10.5 Å². The zero-order valence-electron chi connectivity index (χ0n) is 11.6. The molecule has 6 heteroatoms. The highest BCUT2D eigenvalue weighted by Gasteiger charge is 2.16. The summed E-state index contributed by atoms with van der Waals surface area (Å²) in [5.74, 6) is 0.422. The first kappa shape index (κ1) is 15.8. The normalized spacial score (nSPS) is 12.4. The Bertz CT molecular complexity index is 507. The average Bonchev–Trinajstić information content (AvgIpc) is 2.28. The molecule has 1 aromatic rings. The minimum Gasteiger partial charge on any atom is -0.490 e. The summed E-state index contributed by atoms with van der Waals surface area (Å²) in [6.45, 7) is 6.39. The van der Waals surface area contributed by atoms with Gasteiger partial charge in [0.15, 0.2) is 0 Å². The number of hydrogen-bond donors (Lipinski definition) is 2. The Kier molecular flexibility index (Phi) is 5.20. The molecule has 108 valence electrons. The first-order valence-electron chi connectivity index (χ1n) is 6.14. The van der Waals surface area contributed by atoms with E-state index in [1.165, 1.54) is 0 Å². The van der Waals surface area contributed by atoms with Crippen LogP contribution in [0.1, 0.15) is 20.8 Å². The van der Waals surface area contributed by atoms with E-state index in [2.05, 4.69) is 4.72 Å². The van der Waals surface area contributed by atoms with Crippen molar-refractivity contribution in [3.05, 3.63) is 24.3 Å². The largest absolute Gasteiger partial charge is 0.490 e. The highest BCUT2D eigenvalue weighted by atomic mass is 32.2. The van der Waals surface area contributed by atoms with Gasteiger partial charge < -0.3 is 10.5 Å². The molecule has 0 aromatic heterocycles. The molecule has 0 aliphatic carbocycles. The number of hydrogen-bond acceptors (Lipinski definition) is 4. The third-order valence-corrected chi connectivity index (χ3v) is 3.64. The number of rotatable bonds is 6. The Morgan fingerprint density at radius 1 is 1.26 bits per heavy atom. The first-order chi connectivity index (χ1) is 8.70. The van der Waals surface area contributed by atoms with Crippen LogP contribution in [0, 0.1) is 5.41 Å². The summed E-state index contributed by atoms with van der Waals surface area (Å²) in [4.78, 5) is 0. The molecule has 0 aliphatic rings. The zero-order valence-corrected chi connectivity index (χ0v) is 12.5. The Hall–Kier alpha value is -1.27. The second-order valence-electron chi connectivity index (χ2n) is 5.59. The molecule has 0 saturated carbocycles. The molecule has 19 heavy (non-hydrogen) atoms. The van der Waals surface area contributed by atoms with Crippen molar-refractivity contribution in [1.82, 2.24) is 4.72 Å². The fraction of sp³-hybridized carbons (Fsp3) is 0.538. The van der Waals surface area contributed by atoms with Gasteiger partial charge in [-0.1, -0.05) is 32.9 Å². The van der Waals surface area contributed by atoms with Crippen molar-refractivity contribution in [3.8, 4) is 5.75 Å². The van der Waals surface area contributed by atoms with Crippen molar-refractivity contribution >= 4 is 15.7 Å². The highest BCUT2D eigenvalue weighted by Crippen LogP contribution is 2.19. The molecule has 0 spiro atoms. The summed E-state index contributed by atoms with van der Waals surface area (Å²) in [7, 11) is -3.31. The molecule has 0 aliphatic heterocycles. The minimum absolute atomic E-state index is 0.0771. The van der Waals surface area contributed by atoms with E-state index < -0.39 is 10.0 Å². The zero-order chi connectivity index (χ0) is 14.5. The maximum atomic E-state index is 11.7. The first-order valence-corrected chi connectivity index (χ1v) is 7.79. The van der Waals surface area contributed by atoms with Crippen molar-refractivity contribution in [2.24, 2.45) is 5.41 Å². The maximum Gasteiger partial charge on any atom is 0.214 e. The number of ether oxygens (including phenoxy) is 1. The molecule has 1 rings (SSSR count). The van der Waals surface area contributed by atoms with Crippen molar-refractivity contribution in [2.75, 3.05) is 24.6 Å². The number of benzene rings is 1. The maximum absolute atomic E-state index is 11.7. The van der Waals surface area contributed by atoms with E-state index in [0.717, 1.165) is 0 Å². The number of para-hydroxylation sites is 2. The fourth-order valence-electron chi connectivity index (χ4n) is 1.27. The van der Waals surface area contributed by atoms with Gasteiger partial charge in [-0.3, -0.25) is 0 Å². The molecule has 0 amide bonds. The second kappa shape index (κ2) is 6.25. The van der Waals surface area contributed by atoms with Gasteiger partial charge in [0.25, 0.3) is 0 Å². The average molecular weight is 286 g/mol. The van der Waals surface area contributed by atoms with Crippen LogP contribution in [0.4, 0.5) is 5.69 Å². The van der Waals surface area contributed by atoms with Gasteiger partial charge in [-0.2, -0.15) is 0 Å². The van der Waals surface area contributed by atoms with Crippen LogP contribution >= 0.6 is 0 Å². The third kappa shape index (κ3) is 6.45. The van der Waals surface area contributed by atoms with Crippen molar-refractivity contribution < 1.29 is 13.2 Å². The molecule has 5 nitrogen and oxygen atoms in total. The molecule has 0 bridgehead atoms. The molecule has 1 aromatic carbocycles. The van der Waals surface area contributed by atoms with E-state index >= 15 is 0 Å². The predicted molar refractivity (Wildman–Crippen MR) is 77.6 cm³/mol. The lowest BCUT2D eigenvalue weighted by atomic mass is 9.98. The van der Waals surface area contributed by atoms with Gasteiger partial charge in [0.05, 0.1) is 11.4 Å². The summed E-state index contributed by atoms with van der Waals surface area (Å²) in [5, 5.41) is 0. The molecule has 3 N–H and O–H groups in total. The monoisotopic (exact) mass is 286 g/mol. The van der Waals surface area contributed by atoms with E-state index in [1.54, 1.807) is 24.3 Å². The summed E-state index contributed by atoms with van der Waals surface area (Å²) < 4.78 is 31.4. The van der Waals surface area contributed by atoms with Crippen LogP contribution in [0.5, 0.6) is 5.75 Å². The van der Waals surface area contributed by atoms with Gasteiger partial charge in [-0.15, -0.1) is 0 Å². The number of nitrogen functional groups attached to an aromatic ring is 1. The smallest absolute Gasteiger partial charge is 0.214 e. The number of nitrogens with two attached hydrogens (primary N) is 1. The predicted octanol–water partition coefficient (Wildman–Crippen LogP) is 1.61. The molecule has 0 unspecified atom stereocenters. The van der Waals surface area contributed by atoms with Crippen LogP contribution in [0.15, 0.2) is 24.3 Å². The van der Waals surface area contributed by atoms with Crippen LogP contribution in [-0.4, -0.2) is 27.3 Å². The van der Waals surface area contributed by atoms with Crippen LogP contribution in [0.25, 0.3) is 0 Å². The summed E-state index contributed by atoms with van der Waals surface area (Å²) in [5.41, 5.74) is 6.11. The Labute approximate surface area is 115 Å². The third-order valence-electron chi connectivity index (χ3n) is 2.35. The number of anilines is 1.